The van der Waals surface area contributed by atoms with Crippen LogP contribution in [0, 0.1) is 12.7 Å². The fourth-order valence-corrected chi connectivity index (χ4v) is 6.40. The van der Waals surface area contributed by atoms with Crippen LogP contribution in [0.4, 0.5) is 10.1 Å². The minimum Gasteiger partial charge on any atom is -0.340 e. The minimum absolute atomic E-state index is 0.196. The monoisotopic (exact) mass is 517 g/mol. The number of aromatic nitrogens is 1. The number of rotatable bonds is 6. The van der Waals surface area contributed by atoms with Gasteiger partial charge in [0, 0.05) is 54.4 Å². The van der Waals surface area contributed by atoms with Crippen molar-refractivity contribution in [3.63, 3.8) is 0 Å². The number of carbonyl (C=O) groups is 1. The Labute approximate surface area is 216 Å². The van der Waals surface area contributed by atoms with Crippen molar-refractivity contribution in [2.45, 2.75) is 31.7 Å². The molecule has 0 saturated heterocycles. The van der Waals surface area contributed by atoms with Gasteiger partial charge in [0.1, 0.15) is 5.82 Å². The Kier molecular flexibility index (Phi) is 6.70. The number of carbonyl (C=O) groups excluding carboxylic acids is 1. The van der Waals surface area contributed by atoms with Gasteiger partial charge in [-0.15, -0.1) is 0 Å². The fraction of sp³-hybridized carbons (Fsp3) is 0.207. The average molecular weight is 518 g/mol. The lowest BCUT2D eigenvalue weighted by Gasteiger charge is -2.26. The van der Waals surface area contributed by atoms with Crippen molar-refractivity contribution >= 4 is 38.1 Å². The molecule has 0 saturated carbocycles. The molecule has 2 heterocycles. The predicted octanol–water partition coefficient (Wildman–Crippen LogP) is 5.57. The molecule has 1 N–H and O–H groups in total. The molecular formula is C29H28FN3O3S. The lowest BCUT2D eigenvalue weighted by Crippen LogP contribution is -2.34. The number of hydrogen-bond donors (Lipinski definition) is 1. The van der Waals surface area contributed by atoms with Crippen molar-refractivity contribution in [1.82, 2.24) is 8.87 Å². The summed E-state index contributed by atoms with van der Waals surface area (Å²) in [6.07, 6.45) is 2.58. The van der Waals surface area contributed by atoms with Crippen molar-refractivity contribution in [3.05, 3.63) is 102 Å². The van der Waals surface area contributed by atoms with Crippen molar-refractivity contribution in [2.75, 3.05) is 18.4 Å². The van der Waals surface area contributed by atoms with E-state index in [1.165, 1.54) is 29.4 Å². The van der Waals surface area contributed by atoms with Gasteiger partial charge in [-0.05, 0) is 66.9 Å². The highest BCUT2D eigenvalue weighted by atomic mass is 32.2. The van der Waals surface area contributed by atoms with E-state index in [-0.39, 0.29) is 23.2 Å². The molecule has 3 aromatic carbocycles. The molecule has 0 aliphatic carbocycles. The first kappa shape index (κ1) is 24.9. The standard InChI is InChI=1S/C29H28FN3O3S/c1-20-29(27-8-3-4-9-28(27)33(20)19-22-6-5-7-24(30)18-22)23-14-16-32(17-15-23)37(35,36)26-12-10-25(11-13-26)31-21(2)34/h3-14,18H,15-17,19H2,1-2H3,(H,31,34). The van der Waals surface area contributed by atoms with Crippen LogP contribution in [0.2, 0.25) is 0 Å². The normalized spacial score (nSPS) is 14.5. The lowest BCUT2D eigenvalue weighted by molar-refractivity contribution is -0.114. The van der Waals surface area contributed by atoms with Crippen molar-refractivity contribution in [2.24, 2.45) is 0 Å². The number of hydrogen-bond acceptors (Lipinski definition) is 3. The van der Waals surface area contributed by atoms with Crippen LogP contribution in [0.1, 0.15) is 30.2 Å². The molecule has 0 radical (unpaired) electrons. The molecule has 0 atom stereocenters. The molecule has 1 amide bonds. The summed E-state index contributed by atoms with van der Waals surface area (Å²) in [6, 6.07) is 21.0. The third-order valence-corrected chi connectivity index (χ3v) is 8.65. The highest BCUT2D eigenvalue weighted by Gasteiger charge is 2.28. The molecule has 37 heavy (non-hydrogen) atoms. The first-order valence-corrected chi connectivity index (χ1v) is 13.6. The van der Waals surface area contributed by atoms with Crippen molar-refractivity contribution in [3.8, 4) is 0 Å². The number of para-hydroxylation sites is 1. The van der Waals surface area contributed by atoms with Gasteiger partial charge in [-0.3, -0.25) is 4.79 Å². The zero-order valence-corrected chi connectivity index (χ0v) is 21.6. The summed E-state index contributed by atoms with van der Waals surface area (Å²) >= 11 is 0. The fourth-order valence-electron chi connectivity index (χ4n) is 5.02. The highest BCUT2D eigenvalue weighted by molar-refractivity contribution is 7.89. The molecule has 1 aliphatic rings. The zero-order valence-electron chi connectivity index (χ0n) is 20.7. The van der Waals surface area contributed by atoms with Gasteiger partial charge in [0.25, 0.3) is 0 Å². The van der Waals surface area contributed by atoms with Crippen LogP contribution >= 0.6 is 0 Å². The summed E-state index contributed by atoms with van der Waals surface area (Å²) in [5, 5.41) is 3.75. The second-order valence-electron chi connectivity index (χ2n) is 9.24. The van der Waals surface area contributed by atoms with Crippen LogP contribution in [0.25, 0.3) is 16.5 Å². The molecule has 0 spiro atoms. The summed E-state index contributed by atoms with van der Waals surface area (Å²) in [4.78, 5) is 11.4. The van der Waals surface area contributed by atoms with E-state index in [9.17, 15) is 17.6 Å². The van der Waals surface area contributed by atoms with E-state index in [2.05, 4.69) is 28.9 Å². The molecular weight excluding hydrogens is 489 g/mol. The molecule has 0 fully saturated rings. The minimum atomic E-state index is -3.67. The van der Waals surface area contributed by atoms with Gasteiger partial charge >= 0.3 is 0 Å². The van der Waals surface area contributed by atoms with Crippen LogP contribution in [0.15, 0.2) is 83.8 Å². The van der Waals surface area contributed by atoms with Crippen LogP contribution in [-0.4, -0.2) is 36.3 Å². The lowest BCUT2D eigenvalue weighted by atomic mass is 9.97. The van der Waals surface area contributed by atoms with Gasteiger partial charge in [-0.25, -0.2) is 12.8 Å². The Bertz CT molecular complexity index is 1620. The molecule has 190 valence electrons. The SMILES string of the molecule is CC(=O)Nc1ccc(S(=O)(=O)N2CC=C(c3c(C)n(Cc4cccc(F)c4)c4ccccc34)CC2)cc1. The first-order valence-electron chi connectivity index (χ1n) is 12.1. The Balaban J connectivity index is 1.43. The van der Waals surface area contributed by atoms with Gasteiger partial charge in [-0.2, -0.15) is 4.31 Å². The van der Waals surface area contributed by atoms with Gasteiger partial charge in [0.2, 0.25) is 15.9 Å². The van der Waals surface area contributed by atoms with E-state index in [0.717, 1.165) is 33.3 Å². The number of sulfonamides is 1. The Hall–Kier alpha value is -3.75. The Morgan fingerprint density at radius 2 is 1.78 bits per heavy atom. The van der Waals surface area contributed by atoms with Gasteiger partial charge in [-0.1, -0.05) is 36.4 Å². The van der Waals surface area contributed by atoms with E-state index in [1.807, 2.05) is 24.3 Å². The smallest absolute Gasteiger partial charge is 0.243 e. The molecule has 6 nitrogen and oxygen atoms in total. The predicted molar refractivity (Wildman–Crippen MR) is 144 cm³/mol. The van der Waals surface area contributed by atoms with Crippen LogP contribution in [0.3, 0.4) is 0 Å². The molecule has 0 bridgehead atoms. The number of anilines is 1. The zero-order chi connectivity index (χ0) is 26.2. The van der Waals surface area contributed by atoms with Gasteiger partial charge in [0.05, 0.1) is 4.90 Å². The molecule has 1 aromatic heterocycles. The topological polar surface area (TPSA) is 71.4 Å². The Morgan fingerprint density at radius 1 is 1.03 bits per heavy atom. The molecule has 4 aromatic rings. The molecule has 8 heteroatoms. The summed E-state index contributed by atoms with van der Waals surface area (Å²) in [6.45, 7) is 4.66. The third kappa shape index (κ3) is 4.95. The quantitative estimate of drug-likeness (QED) is 0.363. The maximum absolute atomic E-state index is 13.8. The summed E-state index contributed by atoms with van der Waals surface area (Å²) in [5.74, 6) is -0.468. The molecule has 0 unspecified atom stereocenters. The van der Waals surface area contributed by atoms with Crippen LogP contribution in [-0.2, 0) is 21.4 Å². The first-order chi connectivity index (χ1) is 17.7. The maximum Gasteiger partial charge on any atom is 0.243 e. The average Bonchev–Trinajstić information content (AvgIpc) is 3.15. The third-order valence-electron chi connectivity index (χ3n) is 6.77. The van der Waals surface area contributed by atoms with Crippen LogP contribution in [0.5, 0.6) is 0 Å². The number of fused-ring (bicyclic) bond motifs is 1. The van der Waals surface area contributed by atoms with Gasteiger partial charge < -0.3 is 9.88 Å². The second kappa shape index (κ2) is 9.95. The van der Waals surface area contributed by atoms with E-state index in [0.29, 0.717) is 25.2 Å². The summed E-state index contributed by atoms with van der Waals surface area (Å²) < 4.78 is 44.0. The van der Waals surface area contributed by atoms with Gasteiger partial charge in [0.15, 0.2) is 0 Å². The van der Waals surface area contributed by atoms with Crippen molar-refractivity contribution < 1.29 is 17.6 Å². The second-order valence-corrected chi connectivity index (χ2v) is 11.2. The molecule has 1 aliphatic heterocycles. The van der Waals surface area contributed by atoms with E-state index < -0.39 is 10.0 Å². The molecule has 5 rings (SSSR count). The largest absolute Gasteiger partial charge is 0.340 e. The number of nitrogens with zero attached hydrogens (tertiary/aromatic N) is 2. The summed E-state index contributed by atoms with van der Waals surface area (Å²) in [5.41, 5.74) is 5.80. The number of nitrogens with one attached hydrogen (secondary N) is 1. The highest BCUT2D eigenvalue weighted by Crippen LogP contribution is 2.36. The van der Waals surface area contributed by atoms with E-state index >= 15 is 0 Å². The van der Waals surface area contributed by atoms with E-state index in [1.54, 1.807) is 24.3 Å². The van der Waals surface area contributed by atoms with Crippen molar-refractivity contribution in [1.29, 1.82) is 0 Å². The van der Waals surface area contributed by atoms with E-state index in [4.69, 9.17) is 0 Å². The number of halogens is 1. The number of amides is 1. The summed E-state index contributed by atoms with van der Waals surface area (Å²) in [7, 11) is -3.67. The number of benzene rings is 3. The Morgan fingerprint density at radius 3 is 2.46 bits per heavy atom. The van der Waals surface area contributed by atoms with Crippen LogP contribution < -0.4 is 5.32 Å². The maximum atomic E-state index is 13.8.